The fourth-order valence-corrected chi connectivity index (χ4v) is 2.01. The Kier molecular flexibility index (Phi) is 17.1. The third-order valence-electron chi connectivity index (χ3n) is 3.24. The SMILES string of the molecule is CCCN(CCC)CCCNC(=NC)NC(C)CC.I. The summed E-state index contributed by atoms with van der Waals surface area (Å²) in [5.74, 6) is 0.923. The topological polar surface area (TPSA) is 39.7 Å². The molecule has 122 valence electrons. The average Bonchev–Trinajstić information content (AvgIpc) is 2.42. The van der Waals surface area contributed by atoms with Crippen molar-refractivity contribution in [2.45, 2.75) is 59.4 Å². The van der Waals surface area contributed by atoms with Crippen molar-refractivity contribution >= 4 is 29.9 Å². The fraction of sp³-hybridized carbons (Fsp3) is 0.933. The van der Waals surface area contributed by atoms with Gasteiger partial charge in [-0.3, -0.25) is 4.99 Å². The highest BCUT2D eigenvalue weighted by molar-refractivity contribution is 14.0. The van der Waals surface area contributed by atoms with E-state index in [1.54, 1.807) is 0 Å². The van der Waals surface area contributed by atoms with Crippen molar-refractivity contribution in [2.75, 3.05) is 33.2 Å². The third kappa shape index (κ3) is 11.8. The monoisotopic (exact) mass is 398 g/mol. The molecule has 1 unspecified atom stereocenters. The fourth-order valence-electron chi connectivity index (χ4n) is 2.01. The molecule has 0 aliphatic rings. The second kappa shape index (κ2) is 15.4. The lowest BCUT2D eigenvalue weighted by molar-refractivity contribution is 0.271. The van der Waals surface area contributed by atoms with Crippen LogP contribution >= 0.6 is 24.0 Å². The van der Waals surface area contributed by atoms with Crippen LogP contribution in [0.2, 0.25) is 0 Å². The molecule has 2 N–H and O–H groups in total. The first kappa shape index (κ1) is 22.2. The maximum Gasteiger partial charge on any atom is 0.191 e. The molecule has 0 bridgehead atoms. The van der Waals surface area contributed by atoms with Crippen LogP contribution in [0.1, 0.15) is 53.4 Å². The normalized spacial score (nSPS) is 13.0. The van der Waals surface area contributed by atoms with Gasteiger partial charge in [0.05, 0.1) is 0 Å². The van der Waals surface area contributed by atoms with Crippen molar-refractivity contribution in [3.05, 3.63) is 0 Å². The van der Waals surface area contributed by atoms with Gasteiger partial charge in [0.1, 0.15) is 0 Å². The molecular weight excluding hydrogens is 363 g/mol. The van der Waals surface area contributed by atoms with Crippen LogP contribution in [0, 0.1) is 0 Å². The summed E-state index contributed by atoms with van der Waals surface area (Å²) < 4.78 is 0. The van der Waals surface area contributed by atoms with Gasteiger partial charge in [-0.2, -0.15) is 0 Å². The molecule has 0 spiro atoms. The number of nitrogens with one attached hydrogen (secondary N) is 2. The minimum Gasteiger partial charge on any atom is -0.356 e. The number of nitrogens with zero attached hydrogens (tertiary/aromatic N) is 2. The number of hydrogen-bond acceptors (Lipinski definition) is 2. The van der Waals surface area contributed by atoms with Crippen molar-refractivity contribution in [2.24, 2.45) is 4.99 Å². The third-order valence-corrected chi connectivity index (χ3v) is 3.24. The van der Waals surface area contributed by atoms with Gasteiger partial charge in [0.2, 0.25) is 0 Å². The number of aliphatic imine (C=N–C) groups is 1. The van der Waals surface area contributed by atoms with E-state index in [0.717, 1.165) is 18.9 Å². The maximum absolute atomic E-state index is 4.25. The van der Waals surface area contributed by atoms with Gasteiger partial charge in [-0.15, -0.1) is 24.0 Å². The smallest absolute Gasteiger partial charge is 0.191 e. The van der Waals surface area contributed by atoms with E-state index in [9.17, 15) is 0 Å². The number of hydrogen-bond donors (Lipinski definition) is 2. The molecule has 0 rings (SSSR count). The van der Waals surface area contributed by atoms with E-state index >= 15 is 0 Å². The molecule has 4 nitrogen and oxygen atoms in total. The van der Waals surface area contributed by atoms with Gasteiger partial charge >= 0.3 is 0 Å². The van der Waals surface area contributed by atoms with Crippen molar-refractivity contribution in [1.29, 1.82) is 0 Å². The van der Waals surface area contributed by atoms with Crippen molar-refractivity contribution < 1.29 is 0 Å². The van der Waals surface area contributed by atoms with Crippen LogP contribution in [-0.2, 0) is 0 Å². The zero-order chi connectivity index (χ0) is 14.5. The largest absolute Gasteiger partial charge is 0.356 e. The Hall–Kier alpha value is -0.0400. The average molecular weight is 398 g/mol. The molecule has 1 atom stereocenters. The summed E-state index contributed by atoms with van der Waals surface area (Å²) in [6.45, 7) is 13.4. The number of rotatable bonds is 10. The first-order chi connectivity index (χ1) is 9.17. The predicted molar refractivity (Wildman–Crippen MR) is 101 cm³/mol. The van der Waals surface area contributed by atoms with Gasteiger partial charge in [0, 0.05) is 19.6 Å². The molecule has 0 aliphatic heterocycles. The van der Waals surface area contributed by atoms with E-state index in [1.165, 1.54) is 38.9 Å². The maximum atomic E-state index is 4.25. The summed E-state index contributed by atoms with van der Waals surface area (Å²) in [4.78, 5) is 6.79. The Balaban J connectivity index is 0. The van der Waals surface area contributed by atoms with Crippen molar-refractivity contribution in [1.82, 2.24) is 15.5 Å². The standard InChI is InChI=1S/C15H34N4.HI/c1-6-11-19(12-7-2)13-9-10-17-15(16-5)18-14(4)8-3;/h14H,6-13H2,1-5H3,(H2,16,17,18);1H. The molecule has 0 aromatic rings. The summed E-state index contributed by atoms with van der Waals surface area (Å²) in [6, 6.07) is 0.475. The van der Waals surface area contributed by atoms with Crippen LogP contribution in [0.5, 0.6) is 0 Å². The van der Waals surface area contributed by atoms with E-state index < -0.39 is 0 Å². The number of guanidine groups is 1. The van der Waals surface area contributed by atoms with Gasteiger partial charge in [-0.1, -0.05) is 20.8 Å². The zero-order valence-electron chi connectivity index (χ0n) is 14.0. The highest BCUT2D eigenvalue weighted by atomic mass is 127. The second-order valence-corrected chi connectivity index (χ2v) is 5.15. The molecule has 0 aromatic heterocycles. The Morgan fingerprint density at radius 3 is 2.15 bits per heavy atom. The van der Waals surface area contributed by atoms with Crippen LogP contribution in [0.25, 0.3) is 0 Å². The van der Waals surface area contributed by atoms with Gasteiger partial charge < -0.3 is 15.5 Å². The van der Waals surface area contributed by atoms with Crippen LogP contribution in [0.4, 0.5) is 0 Å². The van der Waals surface area contributed by atoms with E-state index in [0.29, 0.717) is 6.04 Å². The Morgan fingerprint density at radius 1 is 1.10 bits per heavy atom. The van der Waals surface area contributed by atoms with Crippen LogP contribution in [0.15, 0.2) is 4.99 Å². The molecule has 20 heavy (non-hydrogen) atoms. The Bertz CT molecular complexity index is 228. The van der Waals surface area contributed by atoms with Crippen molar-refractivity contribution in [3.8, 4) is 0 Å². The molecule has 0 radical (unpaired) electrons. The van der Waals surface area contributed by atoms with Crippen LogP contribution < -0.4 is 10.6 Å². The molecular formula is C15H35IN4. The molecule has 0 heterocycles. The van der Waals surface area contributed by atoms with Crippen LogP contribution in [-0.4, -0.2) is 50.1 Å². The predicted octanol–water partition coefficient (Wildman–Crippen LogP) is 3.08. The Morgan fingerprint density at radius 2 is 1.70 bits per heavy atom. The summed E-state index contributed by atoms with van der Waals surface area (Å²) in [5.41, 5.74) is 0. The van der Waals surface area contributed by atoms with Gasteiger partial charge in [-0.05, 0) is 52.2 Å². The minimum atomic E-state index is 0. The molecule has 5 heteroatoms. The summed E-state index contributed by atoms with van der Waals surface area (Å²) in [6.07, 6.45) is 4.76. The lowest BCUT2D eigenvalue weighted by Crippen LogP contribution is -2.42. The lowest BCUT2D eigenvalue weighted by Gasteiger charge is -2.21. The molecule has 0 saturated heterocycles. The van der Waals surface area contributed by atoms with E-state index in [-0.39, 0.29) is 24.0 Å². The molecule has 0 aromatic carbocycles. The second-order valence-electron chi connectivity index (χ2n) is 5.15. The van der Waals surface area contributed by atoms with E-state index in [4.69, 9.17) is 0 Å². The molecule has 0 fully saturated rings. The van der Waals surface area contributed by atoms with Crippen molar-refractivity contribution in [3.63, 3.8) is 0 Å². The quantitative estimate of drug-likeness (QED) is 0.257. The van der Waals surface area contributed by atoms with Gasteiger partial charge in [0.15, 0.2) is 5.96 Å². The van der Waals surface area contributed by atoms with Gasteiger partial charge in [0.25, 0.3) is 0 Å². The highest BCUT2D eigenvalue weighted by Gasteiger charge is 2.04. The molecule has 0 aliphatic carbocycles. The highest BCUT2D eigenvalue weighted by Crippen LogP contribution is 1.95. The van der Waals surface area contributed by atoms with E-state index in [2.05, 4.69) is 48.2 Å². The van der Waals surface area contributed by atoms with E-state index in [1.807, 2.05) is 7.05 Å². The molecule has 0 amide bonds. The Labute approximate surface area is 143 Å². The lowest BCUT2D eigenvalue weighted by atomic mass is 10.3. The minimum absolute atomic E-state index is 0. The first-order valence-corrected chi connectivity index (χ1v) is 7.87. The summed E-state index contributed by atoms with van der Waals surface area (Å²) >= 11 is 0. The first-order valence-electron chi connectivity index (χ1n) is 7.87. The zero-order valence-corrected chi connectivity index (χ0v) is 16.4. The summed E-state index contributed by atoms with van der Waals surface area (Å²) in [7, 11) is 1.83. The van der Waals surface area contributed by atoms with Gasteiger partial charge in [-0.25, -0.2) is 0 Å². The molecule has 0 saturated carbocycles. The summed E-state index contributed by atoms with van der Waals surface area (Å²) in [5, 5.41) is 6.77. The van der Waals surface area contributed by atoms with Crippen LogP contribution in [0.3, 0.4) is 0 Å². The number of halogens is 1.